The maximum absolute atomic E-state index is 12.7. The maximum atomic E-state index is 12.7. The normalized spacial score (nSPS) is 12.2. The molecule has 120 valence electrons. The maximum Gasteiger partial charge on any atom is 0.419 e. The van der Waals surface area contributed by atoms with Crippen molar-refractivity contribution in [3.05, 3.63) is 29.8 Å². The Morgan fingerprint density at radius 2 is 1.95 bits per heavy atom. The van der Waals surface area contributed by atoms with Crippen LogP contribution in [0.25, 0.3) is 0 Å². The largest absolute Gasteiger partial charge is 0.491 e. The van der Waals surface area contributed by atoms with Gasteiger partial charge in [0, 0.05) is 0 Å². The number of hydrogen-bond donors (Lipinski definition) is 2. The van der Waals surface area contributed by atoms with Crippen molar-refractivity contribution in [2.45, 2.75) is 19.1 Å². The zero-order chi connectivity index (χ0) is 15.2. The van der Waals surface area contributed by atoms with Crippen LogP contribution >= 0.6 is 12.4 Å². The smallest absolute Gasteiger partial charge is 0.419 e. The van der Waals surface area contributed by atoms with Gasteiger partial charge in [0.25, 0.3) is 0 Å². The summed E-state index contributed by atoms with van der Waals surface area (Å²) in [5.74, 6) is -0.484. The van der Waals surface area contributed by atoms with Gasteiger partial charge in [-0.15, -0.1) is 12.4 Å². The molecule has 0 heterocycles. The first-order chi connectivity index (χ1) is 9.34. The van der Waals surface area contributed by atoms with Gasteiger partial charge in [-0.3, -0.25) is 4.79 Å². The summed E-state index contributed by atoms with van der Waals surface area (Å²) in [4.78, 5) is 11.3. The summed E-state index contributed by atoms with van der Waals surface area (Å²) < 4.78 is 43.3. The molecular formula is C13H18ClF3N2O2. The van der Waals surface area contributed by atoms with Gasteiger partial charge in [0.05, 0.1) is 18.2 Å². The average Bonchev–Trinajstić information content (AvgIpc) is 2.36. The summed E-state index contributed by atoms with van der Waals surface area (Å²) in [6, 6.07) is 4.59. The number of ether oxygens (including phenoxy) is 1. The van der Waals surface area contributed by atoms with Crippen LogP contribution in [0.1, 0.15) is 12.5 Å². The highest BCUT2D eigenvalue weighted by atomic mass is 35.5. The molecule has 0 aliphatic carbocycles. The number of carbonyl (C=O) groups excluding carboxylic acids is 1. The van der Waals surface area contributed by atoms with Crippen molar-refractivity contribution in [2.24, 2.45) is 0 Å². The lowest BCUT2D eigenvalue weighted by atomic mass is 10.2. The van der Waals surface area contributed by atoms with Gasteiger partial charge in [-0.2, -0.15) is 13.2 Å². The molecular weight excluding hydrogens is 309 g/mol. The Labute approximate surface area is 127 Å². The Morgan fingerprint density at radius 3 is 2.52 bits per heavy atom. The molecule has 1 aromatic carbocycles. The minimum Gasteiger partial charge on any atom is -0.491 e. The fourth-order valence-corrected chi connectivity index (χ4v) is 1.57. The molecule has 21 heavy (non-hydrogen) atoms. The zero-order valence-electron chi connectivity index (χ0n) is 11.7. The van der Waals surface area contributed by atoms with Crippen molar-refractivity contribution in [1.29, 1.82) is 0 Å². The number of amides is 1. The van der Waals surface area contributed by atoms with E-state index < -0.39 is 17.8 Å². The molecule has 0 aromatic heterocycles. The van der Waals surface area contributed by atoms with Gasteiger partial charge < -0.3 is 15.4 Å². The zero-order valence-corrected chi connectivity index (χ0v) is 12.5. The fourth-order valence-electron chi connectivity index (χ4n) is 1.57. The van der Waals surface area contributed by atoms with E-state index in [0.29, 0.717) is 0 Å². The van der Waals surface area contributed by atoms with Crippen molar-refractivity contribution in [3.63, 3.8) is 0 Å². The lowest BCUT2D eigenvalue weighted by Gasteiger charge is -2.17. The first-order valence-electron chi connectivity index (χ1n) is 6.07. The first kappa shape index (κ1) is 19.5. The molecule has 0 bridgehead atoms. The van der Waals surface area contributed by atoms with Crippen molar-refractivity contribution < 1.29 is 22.7 Å². The van der Waals surface area contributed by atoms with E-state index in [1.807, 2.05) is 0 Å². The lowest BCUT2D eigenvalue weighted by Crippen LogP contribution is -2.41. The number of hydrogen-bond acceptors (Lipinski definition) is 3. The second kappa shape index (κ2) is 8.74. The Kier molecular flexibility index (Phi) is 8.12. The molecule has 8 heteroatoms. The van der Waals surface area contributed by atoms with Gasteiger partial charge >= 0.3 is 6.18 Å². The highest BCUT2D eigenvalue weighted by molar-refractivity contribution is 5.85. The summed E-state index contributed by atoms with van der Waals surface area (Å²) in [6.45, 7) is 1.76. The molecule has 0 fully saturated rings. The molecule has 0 radical (unpaired) electrons. The standard InChI is InChI=1S/C13H17F3N2O2.ClH/c1-9(18-12(19)7-17-2)8-20-11-6-4-3-5-10(11)13(14,15)16;/h3-6,9,17H,7-8H2,1-2H3,(H,18,19);1H. The predicted octanol–water partition coefficient (Wildman–Crippen LogP) is 2.23. The Morgan fingerprint density at radius 1 is 1.33 bits per heavy atom. The first-order valence-corrected chi connectivity index (χ1v) is 6.07. The molecule has 1 atom stereocenters. The van der Waals surface area contributed by atoms with Crippen LogP contribution in [-0.2, 0) is 11.0 Å². The van der Waals surface area contributed by atoms with Crippen LogP contribution in [0.5, 0.6) is 5.75 Å². The molecule has 0 aliphatic heterocycles. The van der Waals surface area contributed by atoms with Crippen molar-refractivity contribution in [1.82, 2.24) is 10.6 Å². The third-order valence-electron chi connectivity index (χ3n) is 2.43. The van der Waals surface area contributed by atoms with E-state index in [0.717, 1.165) is 6.07 Å². The third kappa shape index (κ3) is 6.68. The minimum absolute atomic E-state index is 0. The number of nitrogens with one attached hydrogen (secondary N) is 2. The Bertz CT molecular complexity index is 455. The van der Waals surface area contributed by atoms with Crippen molar-refractivity contribution in [3.8, 4) is 5.75 Å². The molecule has 0 saturated heterocycles. The van der Waals surface area contributed by atoms with E-state index in [4.69, 9.17) is 4.74 Å². The Hall–Kier alpha value is -1.47. The lowest BCUT2D eigenvalue weighted by molar-refractivity contribution is -0.139. The average molecular weight is 327 g/mol. The molecule has 4 nitrogen and oxygen atoms in total. The topological polar surface area (TPSA) is 50.4 Å². The number of likely N-dealkylation sites (N-methyl/N-ethyl adjacent to an activating group) is 1. The SMILES string of the molecule is CNCC(=O)NC(C)COc1ccccc1C(F)(F)F.Cl. The number of para-hydroxylation sites is 1. The minimum atomic E-state index is -4.46. The quantitative estimate of drug-likeness (QED) is 0.843. The van der Waals surface area contributed by atoms with Crippen LogP contribution in [0.3, 0.4) is 0 Å². The number of carbonyl (C=O) groups is 1. The van der Waals surface area contributed by atoms with Crippen LogP contribution in [0.4, 0.5) is 13.2 Å². The van der Waals surface area contributed by atoms with Gasteiger partial charge in [-0.25, -0.2) is 0 Å². The molecule has 0 saturated carbocycles. The molecule has 1 aromatic rings. The van der Waals surface area contributed by atoms with E-state index in [1.165, 1.54) is 18.2 Å². The van der Waals surface area contributed by atoms with Crippen molar-refractivity contribution >= 4 is 18.3 Å². The number of rotatable bonds is 6. The molecule has 1 rings (SSSR count). The summed E-state index contributed by atoms with van der Waals surface area (Å²) in [6.07, 6.45) is -4.46. The van der Waals surface area contributed by atoms with Gasteiger partial charge in [0.2, 0.25) is 5.91 Å². The fraction of sp³-hybridized carbons (Fsp3) is 0.462. The molecule has 1 unspecified atom stereocenters. The van der Waals surface area contributed by atoms with E-state index in [9.17, 15) is 18.0 Å². The molecule has 0 spiro atoms. The molecule has 0 aliphatic rings. The number of alkyl halides is 3. The summed E-state index contributed by atoms with van der Waals surface area (Å²) in [5, 5.41) is 5.28. The van der Waals surface area contributed by atoms with E-state index in [-0.39, 0.29) is 37.2 Å². The van der Waals surface area contributed by atoms with Gasteiger partial charge in [0.1, 0.15) is 12.4 Å². The Balaban J connectivity index is 0.00000400. The third-order valence-corrected chi connectivity index (χ3v) is 2.43. The van der Waals surface area contributed by atoms with E-state index in [1.54, 1.807) is 14.0 Å². The van der Waals surface area contributed by atoms with Crippen LogP contribution in [-0.4, -0.2) is 32.1 Å². The van der Waals surface area contributed by atoms with Gasteiger partial charge in [-0.1, -0.05) is 12.1 Å². The van der Waals surface area contributed by atoms with Gasteiger partial charge in [0.15, 0.2) is 0 Å². The van der Waals surface area contributed by atoms with Gasteiger partial charge in [-0.05, 0) is 26.1 Å². The highest BCUT2D eigenvalue weighted by Crippen LogP contribution is 2.35. The van der Waals surface area contributed by atoms with Crippen LogP contribution in [0.2, 0.25) is 0 Å². The summed E-state index contributed by atoms with van der Waals surface area (Å²) in [5.41, 5.74) is -0.825. The monoisotopic (exact) mass is 326 g/mol. The van der Waals surface area contributed by atoms with E-state index in [2.05, 4.69) is 10.6 Å². The molecule has 2 N–H and O–H groups in total. The van der Waals surface area contributed by atoms with E-state index >= 15 is 0 Å². The second-order valence-corrected chi connectivity index (χ2v) is 4.30. The number of benzene rings is 1. The summed E-state index contributed by atoms with van der Waals surface area (Å²) in [7, 11) is 1.63. The summed E-state index contributed by atoms with van der Waals surface area (Å²) >= 11 is 0. The van der Waals surface area contributed by atoms with Crippen LogP contribution in [0, 0.1) is 0 Å². The molecule has 1 amide bonds. The predicted molar refractivity (Wildman–Crippen MR) is 75.7 cm³/mol. The number of halogens is 4. The van der Waals surface area contributed by atoms with Crippen molar-refractivity contribution in [2.75, 3.05) is 20.2 Å². The van der Waals surface area contributed by atoms with Crippen LogP contribution in [0.15, 0.2) is 24.3 Å². The highest BCUT2D eigenvalue weighted by Gasteiger charge is 2.34. The second-order valence-electron chi connectivity index (χ2n) is 4.30. The van der Waals surface area contributed by atoms with Crippen LogP contribution < -0.4 is 15.4 Å².